The van der Waals surface area contributed by atoms with E-state index in [2.05, 4.69) is 41.6 Å². The summed E-state index contributed by atoms with van der Waals surface area (Å²) in [5, 5.41) is 6.58. The van der Waals surface area contributed by atoms with E-state index in [4.69, 9.17) is 4.74 Å². The Kier molecular flexibility index (Phi) is 10.3. The van der Waals surface area contributed by atoms with Gasteiger partial charge in [-0.2, -0.15) is 0 Å². The Balaban J connectivity index is 0.00000324. The molecule has 4 nitrogen and oxygen atoms in total. The van der Waals surface area contributed by atoms with Crippen LogP contribution in [0.5, 0.6) is 0 Å². The van der Waals surface area contributed by atoms with E-state index >= 15 is 0 Å². The summed E-state index contributed by atoms with van der Waals surface area (Å²) >= 11 is 1.85. The van der Waals surface area contributed by atoms with Crippen molar-refractivity contribution in [1.82, 2.24) is 10.6 Å². The van der Waals surface area contributed by atoms with Crippen molar-refractivity contribution in [3.05, 3.63) is 21.9 Å². The number of ether oxygens (including phenoxy) is 1. The number of hydrogen-bond donors (Lipinski definition) is 2. The molecule has 0 amide bonds. The topological polar surface area (TPSA) is 45.7 Å². The Morgan fingerprint density at radius 1 is 1.47 bits per heavy atom. The van der Waals surface area contributed by atoms with Gasteiger partial charge in [0.2, 0.25) is 0 Å². The highest BCUT2D eigenvalue weighted by Crippen LogP contribution is 2.16. The van der Waals surface area contributed by atoms with E-state index in [9.17, 15) is 0 Å². The fraction of sp³-hybridized carbons (Fsp3) is 0.615. The van der Waals surface area contributed by atoms with E-state index in [-0.39, 0.29) is 24.0 Å². The van der Waals surface area contributed by atoms with E-state index in [0.717, 1.165) is 18.9 Å². The smallest absolute Gasteiger partial charge is 0.191 e. The molecule has 0 saturated carbocycles. The standard InChI is InChI=1S/C13H23N3OS.HI/c1-10(9-12-6-5-11(2)18-12)16-13(14-3)15-7-8-17-4;/h5-6,10H,7-9H2,1-4H3,(H2,14,15,16);1H. The minimum absolute atomic E-state index is 0. The number of hydrogen-bond acceptors (Lipinski definition) is 3. The number of aliphatic imine (C=N–C) groups is 1. The molecule has 1 rings (SSSR count). The van der Waals surface area contributed by atoms with Gasteiger partial charge in [0.25, 0.3) is 0 Å². The SMILES string of the molecule is CN=C(NCCOC)NC(C)Cc1ccc(C)s1.I. The third-order valence-electron chi connectivity index (χ3n) is 2.51. The lowest BCUT2D eigenvalue weighted by Crippen LogP contribution is -2.43. The Hall–Kier alpha value is -0.340. The van der Waals surface area contributed by atoms with E-state index < -0.39 is 0 Å². The molecule has 0 aliphatic carbocycles. The highest BCUT2D eigenvalue weighted by molar-refractivity contribution is 14.0. The largest absolute Gasteiger partial charge is 0.383 e. The number of guanidine groups is 1. The van der Waals surface area contributed by atoms with Gasteiger partial charge in [0.15, 0.2) is 5.96 Å². The van der Waals surface area contributed by atoms with Crippen molar-refractivity contribution < 1.29 is 4.74 Å². The maximum atomic E-state index is 5.00. The predicted molar refractivity (Wildman–Crippen MR) is 94.0 cm³/mol. The highest BCUT2D eigenvalue weighted by atomic mass is 127. The first-order chi connectivity index (χ1) is 8.65. The zero-order valence-corrected chi connectivity index (χ0v) is 15.2. The van der Waals surface area contributed by atoms with Crippen molar-refractivity contribution in [2.24, 2.45) is 4.99 Å². The fourth-order valence-corrected chi connectivity index (χ4v) is 2.67. The molecule has 0 radical (unpaired) electrons. The molecule has 1 unspecified atom stereocenters. The molecule has 1 aromatic heterocycles. The van der Waals surface area contributed by atoms with Gasteiger partial charge in [-0.05, 0) is 26.0 Å². The molecule has 19 heavy (non-hydrogen) atoms. The van der Waals surface area contributed by atoms with Crippen LogP contribution in [0.25, 0.3) is 0 Å². The van der Waals surface area contributed by atoms with E-state index in [1.54, 1.807) is 14.2 Å². The van der Waals surface area contributed by atoms with E-state index in [1.165, 1.54) is 9.75 Å². The summed E-state index contributed by atoms with van der Waals surface area (Å²) in [7, 11) is 3.48. The molecule has 2 N–H and O–H groups in total. The summed E-state index contributed by atoms with van der Waals surface area (Å²) in [6, 6.07) is 4.72. The zero-order valence-electron chi connectivity index (χ0n) is 12.0. The summed E-state index contributed by atoms with van der Waals surface area (Å²) in [6.45, 7) is 5.75. The normalized spacial score (nSPS) is 12.7. The first-order valence-corrected chi connectivity index (χ1v) is 6.98. The summed E-state index contributed by atoms with van der Waals surface area (Å²) < 4.78 is 5.00. The van der Waals surface area contributed by atoms with Crippen LogP contribution in [0.2, 0.25) is 0 Å². The van der Waals surface area contributed by atoms with Gasteiger partial charge >= 0.3 is 0 Å². The van der Waals surface area contributed by atoms with Gasteiger partial charge < -0.3 is 15.4 Å². The van der Waals surface area contributed by atoms with Crippen LogP contribution in [0.1, 0.15) is 16.7 Å². The average molecular weight is 397 g/mol. The van der Waals surface area contributed by atoms with Crippen LogP contribution in [0.4, 0.5) is 0 Å². The van der Waals surface area contributed by atoms with Gasteiger partial charge in [-0.1, -0.05) is 0 Å². The third kappa shape index (κ3) is 7.74. The number of rotatable bonds is 6. The molecular formula is C13H24IN3OS. The number of nitrogens with zero attached hydrogens (tertiary/aromatic N) is 1. The zero-order chi connectivity index (χ0) is 13.4. The Morgan fingerprint density at radius 3 is 2.74 bits per heavy atom. The quantitative estimate of drug-likeness (QED) is 0.336. The number of halogens is 1. The maximum Gasteiger partial charge on any atom is 0.191 e. The second kappa shape index (κ2) is 10.4. The minimum atomic E-state index is 0. The summed E-state index contributed by atoms with van der Waals surface area (Å²) in [6.07, 6.45) is 1.02. The molecule has 0 bridgehead atoms. The van der Waals surface area contributed by atoms with Crippen molar-refractivity contribution >= 4 is 41.3 Å². The molecule has 1 atom stereocenters. The monoisotopic (exact) mass is 397 g/mol. The lowest BCUT2D eigenvalue weighted by atomic mass is 10.2. The van der Waals surface area contributed by atoms with Crippen molar-refractivity contribution in [2.75, 3.05) is 27.3 Å². The van der Waals surface area contributed by atoms with Crippen LogP contribution in [0, 0.1) is 6.92 Å². The van der Waals surface area contributed by atoms with E-state index in [1.807, 2.05) is 11.3 Å². The molecule has 0 aromatic carbocycles. The van der Waals surface area contributed by atoms with Gasteiger partial charge in [-0.3, -0.25) is 4.99 Å². The maximum absolute atomic E-state index is 5.00. The van der Waals surface area contributed by atoms with Crippen LogP contribution in [0.3, 0.4) is 0 Å². The molecule has 110 valence electrons. The molecule has 6 heteroatoms. The molecule has 1 heterocycles. The lowest BCUT2D eigenvalue weighted by molar-refractivity contribution is 0.203. The summed E-state index contributed by atoms with van der Waals surface area (Å²) in [5.74, 6) is 0.827. The van der Waals surface area contributed by atoms with Crippen molar-refractivity contribution in [2.45, 2.75) is 26.3 Å². The number of aryl methyl sites for hydroxylation is 1. The first-order valence-electron chi connectivity index (χ1n) is 6.17. The average Bonchev–Trinajstić information content (AvgIpc) is 2.73. The van der Waals surface area contributed by atoms with Crippen LogP contribution in [0.15, 0.2) is 17.1 Å². The predicted octanol–water partition coefficient (Wildman–Crippen LogP) is 2.42. The van der Waals surface area contributed by atoms with Crippen LogP contribution >= 0.6 is 35.3 Å². The molecule has 1 aromatic rings. The third-order valence-corrected chi connectivity index (χ3v) is 3.53. The summed E-state index contributed by atoms with van der Waals surface area (Å²) in [4.78, 5) is 6.95. The molecule has 0 aliphatic heterocycles. The van der Waals surface area contributed by atoms with Crippen molar-refractivity contribution in [3.63, 3.8) is 0 Å². The second-order valence-corrected chi connectivity index (χ2v) is 5.63. The van der Waals surface area contributed by atoms with Gasteiger partial charge in [0, 0.05) is 42.9 Å². The Morgan fingerprint density at radius 2 is 2.21 bits per heavy atom. The van der Waals surface area contributed by atoms with Gasteiger partial charge in [-0.25, -0.2) is 0 Å². The fourth-order valence-electron chi connectivity index (χ4n) is 1.65. The minimum Gasteiger partial charge on any atom is -0.383 e. The second-order valence-electron chi connectivity index (χ2n) is 4.25. The molecule has 0 spiro atoms. The molecule has 0 saturated heterocycles. The van der Waals surface area contributed by atoms with Crippen molar-refractivity contribution in [3.8, 4) is 0 Å². The number of thiophene rings is 1. The molecule has 0 fully saturated rings. The van der Waals surface area contributed by atoms with Crippen molar-refractivity contribution in [1.29, 1.82) is 0 Å². The van der Waals surface area contributed by atoms with Gasteiger partial charge in [0.05, 0.1) is 6.61 Å². The Labute approximate surface area is 137 Å². The first kappa shape index (κ1) is 18.7. The number of nitrogens with one attached hydrogen (secondary N) is 2. The Bertz CT molecular complexity index is 382. The molecule has 0 aliphatic rings. The van der Waals surface area contributed by atoms with Crippen LogP contribution in [-0.4, -0.2) is 39.3 Å². The van der Waals surface area contributed by atoms with Crippen LogP contribution < -0.4 is 10.6 Å². The summed E-state index contributed by atoms with van der Waals surface area (Å²) in [5.41, 5.74) is 0. The lowest BCUT2D eigenvalue weighted by Gasteiger charge is -2.17. The molecular weight excluding hydrogens is 373 g/mol. The number of methoxy groups -OCH3 is 1. The van der Waals surface area contributed by atoms with Gasteiger partial charge in [0.1, 0.15) is 0 Å². The van der Waals surface area contributed by atoms with Gasteiger partial charge in [-0.15, -0.1) is 35.3 Å². The van der Waals surface area contributed by atoms with Crippen LogP contribution in [-0.2, 0) is 11.2 Å². The highest BCUT2D eigenvalue weighted by Gasteiger charge is 2.07. The van der Waals surface area contributed by atoms with E-state index in [0.29, 0.717) is 12.6 Å².